The second-order valence-electron chi connectivity index (χ2n) is 5.59. The molecule has 1 atom stereocenters. The lowest BCUT2D eigenvalue weighted by atomic mass is 10.0. The molecule has 1 fully saturated rings. The van der Waals surface area contributed by atoms with Gasteiger partial charge in [0.2, 0.25) is 0 Å². The fourth-order valence-electron chi connectivity index (χ4n) is 2.91. The number of benzene rings is 1. The normalized spacial score (nSPS) is 18.1. The summed E-state index contributed by atoms with van der Waals surface area (Å²) in [5, 5.41) is 12.1. The quantitative estimate of drug-likeness (QED) is 0.849. The molecular weight excluding hydrogens is 280 g/mol. The summed E-state index contributed by atoms with van der Waals surface area (Å²) in [7, 11) is 0. The Bertz CT molecular complexity index is 477. The van der Waals surface area contributed by atoms with E-state index in [4.69, 9.17) is 9.84 Å². The van der Waals surface area contributed by atoms with Crippen molar-refractivity contribution in [3.8, 4) is 5.75 Å². The van der Waals surface area contributed by atoms with Crippen molar-refractivity contribution in [1.82, 2.24) is 10.2 Å². The molecule has 0 aromatic heterocycles. The molecule has 5 heteroatoms. The Kier molecular flexibility index (Phi) is 6.52. The van der Waals surface area contributed by atoms with Gasteiger partial charge in [0.1, 0.15) is 5.75 Å². The van der Waals surface area contributed by atoms with Crippen LogP contribution in [-0.2, 0) is 6.54 Å². The van der Waals surface area contributed by atoms with E-state index in [2.05, 4.69) is 5.32 Å². The van der Waals surface area contributed by atoms with E-state index in [0.717, 1.165) is 37.1 Å². The van der Waals surface area contributed by atoms with Gasteiger partial charge in [0, 0.05) is 25.7 Å². The molecule has 2 amide bonds. The van der Waals surface area contributed by atoms with Gasteiger partial charge in [-0.1, -0.05) is 12.1 Å². The van der Waals surface area contributed by atoms with Crippen molar-refractivity contribution < 1.29 is 14.6 Å². The monoisotopic (exact) mass is 306 g/mol. The number of carbonyl (C=O) groups is 1. The molecule has 1 heterocycles. The fourth-order valence-corrected chi connectivity index (χ4v) is 2.91. The molecule has 1 saturated heterocycles. The van der Waals surface area contributed by atoms with Crippen molar-refractivity contribution in [1.29, 1.82) is 0 Å². The first-order chi connectivity index (χ1) is 10.7. The minimum Gasteiger partial charge on any atom is -0.494 e. The van der Waals surface area contributed by atoms with Gasteiger partial charge in [-0.15, -0.1) is 0 Å². The lowest BCUT2D eigenvalue weighted by Crippen LogP contribution is -2.48. The number of amides is 2. The molecular formula is C17H26N2O3. The SMILES string of the molecule is CCOc1cccc(CNC(=O)N2CCCCC2CCO)c1. The summed E-state index contributed by atoms with van der Waals surface area (Å²) in [5.74, 6) is 0.824. The summed E-state index contributed by atoms with van der Waals surface area (Å²) in [6.45, 7) is 3.97. The van der Waals surface area contributed by atoms with Crippen LogP contribution in [0.4, 0.5) is 4.79 Å². The van der Waals surface area contributed by atoms with Crippen molar-refractivity contribution in [2.24, 2.45) is 0 Å². The van der Waals surface area contributed by atoms with Crippen molar-refractivity contribution in [3.05, 3.63) is 29.8 Å². The van der Waals surface area contributed by atoms with Crippen molar-refractivity contribution in [2.75, 3.05) is 19.8 Å². The van der Waals surface area contributed by atoms with Gasteiger partial charge in [-0.25, -0.2) is 4.79 Å². The van der Waals surface area contributed by atoms with Crippen LogP contribution in [0, 0.1) is 0 Å². The van der Waals surface area contributed by atoms with Crippen molar-refractivity contribution >= 4 is 6.03 Å². The molecule has 2 rings (SSSR count). The lowest BCUT2D eigenvalue weighted by Gasteiger charge is -2.35. The molecule has 0 saturated carbocycles. The van der Waals surface area contributed by atoms with E-state index in [-0.39, 0.29) is 18.7 Å². The molecule has 1 aliphatic heterocycles. The number of ether oxygens (including phenoxy) is 1. The molecule has 1 unspecified atom stereocenters. The maximum Gasteiger partial charge on any atom is 0.317 e. The Morgan fingerprint density at radius 1 is 1.45 bits per heavy atom. The molecule has 122 valence electrons. The molecule has 0 radical (unpaired) electrons. The highest BCUT2D eigenvalue weighted by molar-refractivity contribution is 5.74. The highest BCUT2D eigenvalue weighted by Gasteiger charge is 2.25. The number of rotatable bonds is 6. The minimum atomic E-state index is -0.0417. The van der Waals surface area contributed by atoms with Crippen LogP contribution in [0.3, 0.4) is 0 Å². The second-order valence-corrected chi connectivity index (χ2v) is 5.59. The predicted octanol–water partition coefficient (Wildman–Crippen LogP) is 2.53. The van der Waals surface area contributed by atoms with Crippen LogP contribution in [0.2, 0.25) is 0 Å². The number of urea groups is 1. The minimum absolute atomic E-state index is 0.0417. The number of nitrogens with zero attached hydrogens (tertiary/aromatic N) is 1. The fraction of sp³-hybridized carbons (Fsp3) is 0.588. The number of aliphatic hydroxyl groups excluding tert-OH is 1. The zero-order valence-corrected chi connectivity index (χ0v) is 13.3. The summed E-state index contributed by atoms with van der Waals surface area (Å²) in [6, 6.07) is 7.89. The summed E-state index contributed by atoms with van der Waals surface area (Å²) < 4.78 is 5.47. The number of carbonyl (C=O) groups excluding carboxylic acids is 1. The Labute approximate surface area is 132 Å². The van der Waals surface area contributed by atoms with E-state index >= 15 is 0 Å². The van der Waals surface area contributed by atoms with Crippen LogP contribution in [0.25, 0.3) is 0 Å². The predicted molar refractivity (Wildman–Crippen MR) is 85.9 cm³/mol. The highest BCUT2D eigenvalue weighted by atomic mass is 16.5. The Morgan fingerprint density at radius 3 is 3.09 bits per heavy atom. The first-order valence-electron chi connectivity index (χ1n) is 8.11. The zero-order valence-electron chi connectivity index (χ0n) is 13.3. The largest absolute Gasteiger partial charge is 0.494 e. The van der Waals surface area contributed by atoms with Crippen molar-refractivity contribution in [3.63, 3.8) is 0 Å². The number of hydrogen-bond acceptors (Lipinski definition) is 3. The molecule has 0 aliphatic carbocycles. The van der Waals surface area contributed by atoms with Crippen LogP contribution >= 0.6 is 0 Å². The number of nitrogens with one attached hydrogen (secondary N) is 1. The highest BCUT2D eigenvalue weighted by Crippen LogP contribution is 2.19. The van der Waals surface area contributed by atoms with Crippen LogP contribution in [-0.4, -0.2) is 41.8 Å². The number of piperidine rings is 1. The van der Waals surface area contributed by atoms with E-state index in [9.17, 15) is 4.79 Å². The van der Waals surface area contributed by atoms with Gasteiger partial charge in [-0.3, -0.25) is 0 Å². The molecule has 1 aliphatic rings. The third-order valence-corrected chi connectivity index (χ3v) is 4.00. The van der Waals surface area contributed by atoms with E-state index in [0.29, 0.717) is 19.6 Å². The van der Waals surface area contributed by atoms with Gasteiger partial charge in [0.25, 0.3) is 0 Å². The first-order valence-corrected chi connectivity index (χ1v) is 8.11. The molecule has 1 aromatic carbocycles. The van der Waals surface area contributed by atoms with Crippen LogP contribution < -0.4 is 10.1 Å². The second kappa shape index (κ2) is 8.63. The van der Waals surface area contributed by atoms with Gasteiger partial charge < -0.3 is 20.1 Å². The molecule has 1 aromatic rings. The summed E-state index contributed by atoms with van der Waals surface area (Å²) in [6.07, 6.45) is 3.81. The Hall–Kier alpha value is -1.75. The maximum absolute atomic E-state index is 12.4. The molecule has 5 nitrogen and oxygen atoms in total. The first kappa shape index (κ1) is 16.6. The smallest absolute Gasteiger partial charge is 0.317 e. The molecule has 0 bridgehead atoms. The lowest BCUT2D eigenvalue weighted by molar-refractivity contribution is 0.131. The average Bonchev–Trinajstić information content (AvgIpc) is 2.54. The van der Waals surface area contributed by atoms with Crippen LogP contribution in [0.15, 0.2) is 24.3 Å². The zero-order chi connectivity index (χ0) is 15.8. The van der Waals surface area contributed by atoms with Gasteiger partial charge in [0.15, 0.2) is 0 Å². The number of aliphatic hydroxyl groups is 1. The average molecular weight is 306 g/mol. The summed E-state index contributed by atoms with van der Waals surface area (Å²) in [5.41, 5.74) is 1.02. The maximum atomic E-state index is 12.4. The van der Waals surface area contributed by atoms with Gasteiger partial charge in [0.05, 0.1) is 6.61 Å². The van der Waals surface area contributed by atoms with E-state index < -0.39 is 0 Å². The van der Waals surface area contributed by atoms with Crippen LogP contribution in [0.1, 0.15) is 38.2 Å². The van der Waals surface area contributed by atoms with E-state index in [1.165, 1.54) is 0 Å². The Balaban J connectivity index is 1.89. The van der Waals surface area contributed by atoms with Gasteiger partial charge in [-0.2, -0.15) is 0 Å². The third kappa shape index (κ3) is 4.63. The van der Waals surface area contributed by atoms with Gasteiger partial charge in [-0.05, 0) is 50.3 Å². The molecule has 2 N–H and O–H groups in total. The topological polar surface area (TPSA) is 61.8 Å². The van der Waals surface area contributed by atoms with Crippen molar-refractivity contribution in [2.45, 2.75) is 45.2 Å². The number of likely N-dealkylation sites (tertiary alicyclic amines) is 1. The summed E-state index contributed by atoms with van der Waals surface area (Å²) >= 11 is 0. The summed E-state index contributed by atoms with van der Waals surface area (Å²) in [4.78, 5) is 14.2. The number of hydrogen-bond donors (Lipinski definition) is 2. The standard InChI is InChI=1S/C17H26N2O3/c1-2-22-16-8-5-6-14(12-16)13-18-17(21)19-10-4-3-7-15(19)9-11-20/h5-6,8,12,15,20H,2-4,7,9-11,13H2,1H3,(H,18,21). The Morgan fingerprint density at radius 2 is 2.32 bits per heavy atom. The third-order valence-electron chi connectivity index (χ3n) is 4.00. The van der Waals surface area contributed by atoms with E-state index in [1.54, 1.807) is 0 Å². The van der Waals surface area contributed by atoms with E-state index in [1.807, 2.05) is 36.1 Å². The molecule has 0 spiro atoms. The van der Waals surface area contributed by atoms with Crippen LogP contribution in [0.5, 0.6) is 5.75 Å². The van der Waals surface area contributed by atoms with Gasteiger partial charge >= 0.3 is 6.03 Å². The molecule has 22 heavy (non-hydrogen) atoms.